The van der Waals surface area contributed by atoms with E-state index in [2.05, 4.69) is 21.0 Å². The van der Waals surface area contributed by atoms with Gasteiger partial charge in [-0.15, -0.1) is 0 Å². The van der Waals surface area contributed by atoms with E-state index in [1.165, 1.54) is 12.4 Å². The molecular formula is C9H4BrN5O6. The molecule has 1 aromatic heterocycles. The molecule has 0 aliphatic rings. The average Bonchev–Trinajstić information content (AvgIpc) is 2.83. The Morgan fingerprint density at radius 1 is 1.00 bits per heavy atom. The average molecular weight is 358 g/mol. The van der Waals surface area contributed by atoms with Gasteiger partial charge >= 0.3 is 11.4 Å². The Balaban J connectivity index is 2.85. The van der Waals surface area contributed by atoms with E-state index in [1.54, 1.807) is 0 Å². The highest BCUT2D eigenvalue weighted by molar-refractivity contribution is 9.10. The zero-order valence-corrected chi connectivity index (χ0v) is 11.5. The number of nitro benzene ring substituents is 3. The van der Waals surface area contributed by atoms with Gasteiger partial charge in [-0.05, 0) is 15.9 Å². The van der Waals surface area contributed by atoms with Crippen molar-refractivity contribution in [1.29, 1.82) is 0 Å². The largest absolute Gasteiger partial charge is 0.308 e. The van der Waals surface area contributed by atoms with Crippen molar-refractivity contribution in [1.82, 2.24) is 9.78 Å². The van der Waals surface area contributed by atoms with Crippen molar-refractivity contribution in [3.63, 3.8) is 0 Å². The molecule has 0 fully saturated rings. The van der Waals surface area contributed by atoms with E-state index in [-0.39, 0.29) is 0 Å². The first-order chi connectivity index (χ1) is 9.81. The summed E-state index contributed by atoms with van der Waals surface area (Å²) in [6.45, 7) is 0. The number of halogens is 1. The first kappa shape index (κ1) is 14.5. The maximum atomic E-state index is 11.1. The number of aromatic nitrogens is 2. The van der Waals surface area contributed by atoms with Gasteiger partial charge in [0.25, 0.3) is 5.69 Å². The van der Waals surface area contributed by atoms with Gasteiger partial charge in [0.1, 0.15) is 0 Å². The lowest BCUT2D eigenvalue weighted by molar-refractivity contribution is -0.402. The predicted octanol–water partition coefficient (Wildman–Crippen LogP) is 2.36. The van der Waals surface area contributed by atoms with Crippen LogP contribution in [0.4, 0.5) is 17.1 Å². The summed E-state index contributed by atoms with van der Waals surface area (Å²) in [7, 11) is 0. The summed E-state index contributed by atoms with van der Waals surface area (Å²) in [6, 6.07) is 1.30. The van der Waals surface area contributed by atoms with E-state index in [9.17, 15) is 30.3 Å². The van der Waals surface area contributed by atoms with E-state index in [0.29, 0.717) is 16.6 Å². The molecule has 0 amide bonds. The molecule has 0 aliphatic heterocycles. The summed E-state index contributed by atoms with van der Waals surface area (Å²) in [4.78, 5) is 30.0. The minimum absolute atomic E-state index is 0.435. The van der Waals surface area contributed by atoms with Crippen LogP contribution in [0.2, 0.25) is 0 Å². The van der Waals surface area contributed by atoms with Gasteiger partial charge in [0.2, 0.25) is 5.69 Å². The molecule has 0 saturated carbocycles. The van der Waals surface area contributed by atoms with Gasteiger partial charge in [0.05, 0.1) is 37.6 Å². The normalized spacial score (nSPS) is 10.3. The topological polar surface area (TPSA) is 147 Å². The highest BCUT2D eigenvalue weighted by atomic mass is 79.9. The molecule has 0 aliphatic carbocycles. The molecule has 108 valence electrons. The first-order valence-corrected chi connectivity index (χ1v) is 5.92. The molecule has 0 unspecified atom stereocenters. The van der Waals surface area contributed by atoms with Crippen molar-refractivity contribution < 1.29 is 14.8 Å². The number of nitrogens with zero attached hydrogens (tertiary/aromatic N) is 5. The molecule has 21 heavy (non-hydrogen) atoms. The Hall–Kier alpha value is -2.89. The number of benzene rings is 1. The molecule has 2 aromatic rings. The molecule has 1 aromatic carbocycles. The SMILES string of the molecule is O=[N+]([O-])c1cc([N+](=O)[O-])c(-n2cc(Br)cn2)c([N+](=O)[O-])c1. The standard InChI is InChI=1S/C9H4BrN5O6/c10-5-3-11-12(4-5)9-7(14(18)19)1-6(13(16)17)2-8(9)15(20)21/h1-4H. The Labute approximate surface area is 123 Å². The number of non-ortho nitro benzene ring substituents is 1. The van der Waals surface area contributed by atoms with Gasteiger partial charge in [0, 0.05) is 6.20 Å². The number of nitro groups is 3. The van der Waals surface area contributed by atoms with Crippen molar-refractivity contribution in [3.05, 3.63) is 59.3 Å². The smallest absolute Gasteiger partial charge is 0.258 e. The molecule has 11 nitrogen and oxygen atoms in total. The second-order valence-electron chi connectivity index (χ2n) is 3.71. The number of hydrogen-bond donors (Lipinski definition) is 0. The van der Waals surface area contributed by atoms with Crippen LogP contribution in [0.3, 0.4) is 0 Å². The Bertz CT molecular complexity index is 737. The number of hydrogen-bond acceptors (Lipinski definition) is 7. The van der Waals surface area contributed by atoms with Crippen molar-refractivity contribution in [2.75, 3.05) is 0 Å². The fourth-order valence-electron chi connectivity index (χ4n) is 1.63. The third-order valence-corrected chi connectivity index (χ3v) is 2.85. The minimum Gasteiger partial charge on any atom is -0.258 e. The molecule has 0 N–H and O–H groups in total. The summed E-state index contributed by atoms with van der Waals surface area (Å²) >= 11 is 3.06. The Morgan fingerprint density at radius 2 is 1.52 bits per heavy atom. The Kier molecular flexibility index (Phi) is 3.62. The predicted molar refractivity (Wildman–Crippen MR) is 71.2 cm³/mol. The third-order valence-electron chi connectivity index (χ3n) is 2.44. The van der Waals surface area contributed by atoms with Crippen LogP contribution in [0, 0.1) is 30.3 Å². The van der Waals surface area contributed by atoms with Crippen LogP contribution in [0.15, 0.2) is 29.0 Å². The maximum Gasteiger partial charge on any atom is 0.308 e. The number of rotatable bonds is 4. The lowest BCUT2D eigenvalue weighted by atomic mass is 10.2. The van der Waals surface area contributed by atoms with Crippen molar-refractivity contribution in [2.45, 2.75) is 0 Å². The van der Waals surface area contributed by atoms with Gasteiger partial charge in [0.15, 0.2) is 0 Å². The van der Waals surface area contributed by atoms with Crippen molar-refractivity contribution >= 4 is 33.0 Å². The lowest BCUT2D eigenvalue weighted by Gasteiger charge is -2.04. The Morgan fingerprint density at radius 3 is 1.86 bits per heavy atom. The van der Waals surface area contributed by atoms with Crippen LogP contribution in [0.25, 0.3) is 5.69 Å². The summed E-state index contributed by atoms with van der Waals surface area (Å²) < 4.78 is 1.34. The highest BCUT2D eigenvalue weighted by Gasteiger charge is 2.32. The maximum absolute atomic E-state index is 11.1. The van der Waals surface area contributed by atoms with Crippen LogP contribution in [0.1, 0.15) is 0 Å². The molecule has 0 radical (unpaired) electrons. The minimum atomic E-state index is -0.942. The lowest BCUT2D eigenvalue weighted by Crippen LogP contribution is -2.06. The molecule has 12 heteroatoms. The fraction of sp³-hybridized carbons (Fsp3) is 0. The molecule has 0 spiro atoms. The van der Waals surface area contributed by atoms with Crippen LogP contribution >= 0.6 is 15.9 Å². The summed E-state index contributed by atoms with van der Waals surface area (Å²) in [5.74, 6) is 0. The molecule has 2 rings (SSSR count). The summed E-state index contributed by atoms with van der Waals surface area (Å²) in [5.41, 5.74) is -2.78. The quantitative estimate of drug-likeness (QED) is 0.602. The van der Waals surface area contributed by atoms with Gasteiger partial charge in [-0.25, -0.2) is 4.68 Å². The van der Waals surface area contributed by atoms with Crippen LogP contribution in [-0.4, -0.2) is 24.6 Å². The monoisotopic (exact) mass is 357 g/mol. The second kappa shape index (κ2) is 5.24. The summed E-state index contributed by atoms with van der Waals surface area (Å²) in [6.07, 6.45) is 2.54. The van der Waals surface area contributed by atoms with Crippen molar-refractivity contribution in [3.8, 4) is 5.69 Å². The molecule has 0 atom stereocenters. The van der Waals surface area contributed by atoms with Gasteiger partial charge in [-0.3, -0.25) is 30.3 Å². The summed E-state index contributed by atoms with van der Waals surface area (Å²) in [5, 5.41) is 36.6. The third kappa shape index (κ3) is 2.69. The van der Waals surface area contributed by atoms with Gasteiger partial charge in [-0.2, -0.15) is 5.10 Å². The fourth-order valence-corrected chi connectivity index (χ4v) is 1.92. The van der Waals surface area contributed by atoms with Gasteiger partial charge in [-0.1, -0.05) is 0 Å². The van der Waals surface area contributed by atoms with Gasteiger partial charge < -0.3 is 0 Å². The van der Waals surface area contributed by atoms with E-state index < -0.39 is 37.5 Å². The van der Waals surface area contributed by atoms with E-state index in [1.807, 2.05) is 0 Å². The van der Waals surface area contributed by atoms with Crippen molar-refractivity contribution in [2.24, 2.45) is 0 Å². The molecular weight excluding hydrogens is 354 g/mol. The van der Waals surface area contributed by atoms with Crippen LogP contribution < -0.4 is 0 Å². The van der Waals surface area contributed by atoms with E-state index >= 15 is 0 Å². The zero-order chi connectivity index (χ0) is 15.7. The molecule has 0 bridgehead atoms. The molecule has 1 heterocycles. The highest BCUT2D eigenvalue weighted by Crippen LogP contribution is 2.36. The van der Waals surface area contributed by atoms with Crippen LogP contribution in [0.5, 0.6) is 0 Å². The molecule has 0 saturated heterocycles. The zero-order valence-electron chi connectivity index (χ0n) is 9.87. The van der Waals surface area contributed by atoms with E-state index in [0.717, 1.165) is 4.68 Å². The van der Waals surface area contributed by atoms with E-state index in [4.69, 9.17) is 0 Å². The first-order valence-electron chi connectivity index (χ1n) is 5.13. The van der Waals surface area contributed by atoms with Crippen LogP contribution in [-0.2, 0) is 0 Å². The second-order valence-corrected chi connectivity index (χ2v) is 4.62.